The predicted molar refractivity (Wildman–Crippen MR) is 85.1 cm³/mol. The van der Waals surface area contributed by atoms with Crippen molar-refractivity contribution < 1.29 is 4.79 Å². The molecule has 21 heavy (non-hydrogen) atoms. The summed E-state index contributed by atoms with van der Waals surface area (Å²) in [7, 11) is 1.87. The number of hydrogen-bond donors (Lipinski definition) is 2. The number of hydrogen-bond acceptors (Lipinski definition) is 4. The van der Waals surface area contributed by atoms with Crippen LogP contribution in [0.5, 0.6) is 0 Å². The summed E-state index contributed by atoms with van der Waals surface area (Å²) in [6, 6.07) is 8.83. The fourth-order valence-corrected chi connectivity index (χ4v) is 2.12. The molecule has 1 aromatic carbocycles. The van der Waals surface area contributed by atoms with Crippen molar-refractivity contribution in [1.82, 2.24) is 9.88 Å². The molecule has 1 heterocycles. The van der Waals surface area contributed by atoms with Crippen molar-refractivity contribution in [3.05, 3.63) is 53.3 Å². The highest BCUT2D eigenvalue weighted by molar-refractivity contribution is 6.31. The average molecular weight is 305 g/mol. The highest BCUT2D eigenvalue weighted by Gasteiger charge is 2.09. The Morgan fingerprint density at radius 1 is 1.43 bits per heavy atom. The fraction of sp³-hybridized carbons (Fsp3) is 0.200. The number of nitrogens with zero attached hydrogens (tertiary/aromatic N) is 2. The third-order valence-corrected chi connectivity index (χ3v) is 3.11. The fourth-order valence-electron chi connectivity index (χ4n) is 1.94. The van der Waals surface area contributed by atoms with Gasteiger partial charge in [0.25, 0.3) is 0 Å². The van der Waals surface area contributed by atoms with Gasteiger partial charge in [0, 0.05) is 24.0 Å². The maximum Gasteiger partial charge on any atom is 0.238 e. The van der Waals surface area contributed by atoms with E-state index in [0.29, 0.717) is 22.9 Å². The molecule has 110 valence electrons. The summed E-state index contributed by atoms with van der Waals surface area (Å²) in [6.07, 6.45) is 3.51. The Hall–Kier alpha value is -2.11. The first-order valence-electron chi connectivity index (χ1n) is 6.47. The molecule has 0 unspecified atom stereocenters. The molecule has 3 N–H and O–H groups in total. The van der Waals surface area contributed by atoms with Crippen molar-refractivity contribution in [3.8, 4) is 0 Å². The first-order chi connectivity index (χ1) is 10.0. The minimum Gasteiger partial charge on any atom is -0.397 e. The van der Waals surface area contributed by atoms with E-state index in [1.54, 1.807) is 30.6 Å². The second kappa shape index (κ2) is 7.06. The Labute approximate surface area is 128 Å². The third kappa shape index (κ3) is 4.73. The van der Waals surface area contributed by atoms with Crippen LogP contribution in [0.2, 0.25) is 5.02 Å². The van der Waals surface area contributed by atoms with Crippen LogP contribution in [0, 0.1) is 0 Å². The van der Waals surface area contributed by atoms with Gasteiger partial charge in [-0.1, -0.05) is 17.7 Å². The molecule has 0 spiro atoms. The Kier molecular flexibility index (Phi) is 5.14. The quantitative estimate of drug-likeness (QED) is 0.832. The molecule has 0 bridgehead atoms. The zero-order valence-corrected chi connectivity index (χ0v) is 12.5. The molecule has 0 aliphatic carbocycles. The normalized spacial score (nSPS) is 10.6. The Morgan fingerprint density at radius 2 is 2.24 bits per heavy atom. The smallest absolute Gasteiger partial charge is 0.238 e. The summed E-state index contributed by atoms with van der Waals surface area (Å²) in [5.41, 5.74) is 7.88. The molecule has 0 saturated carbocycles. The molecule has 0 aliphatic rings. The number of pyridine rings is 1. The zero-order chi connectivity index (χ0) is 15.2. The number of likely N-dealkylation sites (N-methyl/N-ethyl adjacent to an activating group) is 1. The van der Waals surface area contributed by atoms with Gasteiger partial charge in [-0.25, -0.2) is 0 Å². The van der Waals surface area contributed by atoms with Gasteiger partial charge in [0.15, 0.2) is 0 Å². The molecule has 6 heteroatoms. The Bertz CT molecular complexity index is 618. The lowest BCUT2D eigenvalue weighted by molar-refractivity contribution is -0.117. The number of carbonyl (C=O) groups is 1. The summed E-state index contributed by atoms with van der Waals surface area (Å²) in [6.45, 7) is 0.911. The van der Waals surface area contributed by atoms with Crippen LogP contribution in [0.1, 0.15) is 5.56 Å². The van der Waals surface area contributed by atoms with Crippen molar-refractivity contribution in [2.75, 3.05) is 24.6 Å². The molecule has 0 saturated heterocycles. The molecule has 2 rings (SSSR count). The Balaban J connectivity index is 1.89. The summed E-state index contributed by atoms with van der Waals surface area (Å²) < 4.78 is 0. The zero-order valence-electron chi connectivity index (χ0n) is 11.7. The number of nitrogen functional groups attached to an aromatic ring is 1. The predicted octanol–water partition coefficient (Wildman–Crippen LogP) is 2.39. The van der Waals surface area contributed by atoms with Crippen molar-refractivity contribution in [2.24, 2.45) is 0 Å². The van der Waals surface area contributed by atoms with E-state index in [1.807, 2.05) is 24.1 Å². The van der Waals surface area contributed by atoms with Gasteiger partial charge in [-0.2, -0.15) is 0 Å². The van der Waals surface area contributed by atoms with Gasteiger partial charge < -0.3 is 11.1 Å². The van der Waals surface area contributed by atoms with Gasteiger partial charge in [-0.3, -0.25) is 14.7 Å². The lowest BCUT2D eigenvalue weighted by atomic mass is 10.2. The average Bonchev–Trinajstić information content (AvgIpc) is 2.43. The van der Waals surface area contributed by atoms with Crippen LogP contribution in [-0.2, 0) is 11.3 Å². The van der Waals surface area contributed by atoms with E-state index in [9.17, 15) is 4.79 Å². The number of anilines is 2. The SMILES string of the molecule is CN(CC(=O)Nc1ccc(Cl)cc1N)Cc1cccnc1. The lowest BCUT2D eigenvalue weighted by Gasteiger charge is -2.16. The lowest BCUT2D eigenvalue weighted by Crippen LogP contribution is -2.30. The first kappa shape index (κ1) is 15.3. The summed E-state index contributed by atoms with van der Waals surface area (Å²) in [4.78, 5) is 17.9. The largest absolute Gasteiger partial charge is 0.397 e. The minimum absolute atomic E-state index is 0.129. The molecule has 0 aliphatic heterocycles. The van der Waals surface area contributed by atoms with E-state index < -0.39 is 0 Å². The third-order valence-electron chi connectivity index (χ3n) is 2.88. The molecule has 0 atom stereocenters. The maximum atomic E-state index is 12.0. The van der Waals surface area contributed by atoms with Crippen LogP contribution in [-0.4, -0.2) is 29.4 Å². The van der Waals surface area contributed by atoms with Gasteiger partial charge in [-0.05, 0) is 36.9 Å². The number of halogens is 1. The van der Waals surface area contributed by atoms with Crippen molar-refractivity contribution in [3.63, 3.8) is 0 Å². The van der Waals surface area contributed by atoms with Crippen LogP contribution >= 0.6 is 11.6 Å². The van der Waals surface area contributed by atoms with Crippen LogP contribution < -0.4 is 11.1 Å². The van der Waals surface area contributed by atoms with E-state index in [2.05, 4.69) is 10.3 Å². The van der Waals surface area contributed by atoms with E-state index in [4.69, 9.17) is 17.3 Å². The van der Waals surface area contributed by atoms with Gasteiger partial charge in [0.2, 0.25) is 5.91 Å². The van der Waals surface area contributed by atoms with Gasteiger partial charge in [-0.15, -0.1) is 0 Å². The standard InChI is InChI=1S/C15H17ClN4O/c1-20(9-11-3-2-6-18-8-11)10-15(21)19-14-5-4-12(16)7-13(14)17/h2-8H,9-10,17H2,1H3,(H,19,21). The van der Waals surface area contributed by atoms with Crippen LogP contribution in [0.3, 0.4) is 0 Å². The topological polar surface area (TPSA) is 71.2 Å². The molecule has 1 aromatic heterocycles. The van der Waals surface area contributed by atoms with Gasteiger partial charge in [0.1, 0.15) is 0 Å². The van der Waals surface area contributed by atoms with Gasteiger partial charge in [0.05, 0.1) is 17.9 Å². The van der Waals surface area contributed by atoms with Crippen molar-refractivity contribution in [1.29, 1.82) is 0 Å². The van der Waals surface area contributed by atoms with E-state index >= 15 is 0 Å². The number of carbonyl (C=O) groups excluding carboxylic acids is 1. The van der Waals surface area contributed by atoms with Crippen molar-refractivity contribution >= 4 is 28.9 Å². The number of aromatic nitrogens is 1. The van der Waals surface area contributed by atoms with E-state index in [-0.39, 0.29) is 12.5 Å². The molecular weight excluding hydrogens is 288 g/mol. The molecule has 0 radical (unpaired) electrons. The number of benzene rings is 1. The molecular formula is C15H17ClN4O. The van der Waals surface area contributed by atoms with E-state index in [0.717, 1.165) is 5.56 Å². The molecule has 1 amide bonds. The number of nitrogens with one attached hydrogen (secondary N) is 1. The van der Waals surface area contributed by atoms with Crippen molar-refractivity contribution in [2.45, 2.75) is 6.54 Å². The van der Waals surface area contributed by atoms with E-state index in [1.165, 1.54) is 0 Å². The highest BCUT2D eigenvalue weighted by atomic mass is 35.5. The summed E-state index contributed by atoms with van der Waals surface area (Å²) in [5, 5.41) is 3.32. The van der Waals surface area contributed by atoms with Crippen LogP contribution in [0.25, 0.3) is 0 Å². The van der Waals surface area contributed by atoms with Crippen LogP contribution in [0.15, 0.2) is 42.7 Å². The molecule has 5 nitrogen and oxygen atoms in total. The molecule has 0 fully saturated rings. The number of rotatable bonds is 5. The van der Waals surface area contributed by atoms with Gasteiger partial charge >= 0.3 is 0 Å². The number of nitrogens with two attached hydrogens (primary N) is 1. The van der Waals surface area contributed by atoms with Crippen LogP contribution in [0.4, 0.5) is 11.4 Å². The molecule has 2 aromatic rings. The first-order valence-corrected chi connectivity index (χ1v) is 6.84. The second-order valence-electron chi connectivity index (χ2n) is 4.81. The summed E-state index contributed by atoms with van der Waals surface area (Å²) in [5.74, 6) is -0.129. The Morgan fingerprint density at radius 3 is 2.90 bits per heavy atom. The minimum atomic E-state index is -0.129. The highest BCUT2D eigenvalue weighted by Crippen LogP contribution is 2.22. The second-order valence-corrected chi connectivity index (χ2v) is 5.25. The number of amides is 1. The maximum absolute atomic E-state index is 12.0. The summed E-state index contributed by atoms with van der Waals surface area (Å²) >= 11 is 5.82. The monoisotopic (exact) mass is 304 g/mol.